The van der Waals surface area contributed by atoms with Gasteiger partial charge in [0.15, 0.2) is 0 Å². The van der Waals surface area contributed by atoms with Crippen molar-refractivity contribution in [1.29, 1.82) is 0 Å². The summed E-state index contributed by atoms with van der Waals surface area (Å²) in [6.45, 7) is 6.12. The van der Waals surface area contributed by atoms with E-state index in [0.29, 0.717) is 42.3 Å². The Bertz CT molecular complexity index is 896. The second-order valence-corrected chi connectivity index (χ2v) is 8.09. The maximum atomic E-state index is 12.4. The third-order valence-corrected chi connectivity index (χ3v) is 4.76. The molecule has 1 aliphatic rings. The van der Waals surface area contributed by atoms with Crippen molar-refractivity contribution in [1.82, 2.24) is 10.3 Å². The van der Waals surface area contributed by atoms with Crippen LogP contribution in [0.4, 0.5) is 0 Å². The Morgan fingerprint density at radius 3 is 2.78 bits per heavy atom. The van der Waals surface area contributed by atoms with Gasteiger partial charge in [-0.2, -0.15) is 0 Å². The van der Waals surface area contributed by atoms with E-state index in [0.717, 1.165) is 28.5 Å². The molecule has 1 aromatic carbocycles. The molecule has 146 valence electrons. The first kappa shape index (κ1) is 19.5. The number of esters is 1. The van der Waals surface area contributed by atoms with Gasteiger partial charge in [-0.3, -0.25) is 9.59 Å². The number of nitrogens with one attached hydrogen (secondary N) is 2. The first-order valence-electron chi connectivity index (χ1n) is 9.14. The third-order valence-electron chi connectivity index (χ3n) is 4.48. The minimum atomic E-state index is -0.500. The molecule has 0 atom stereocenters. The van der Waals surface area contributed by atoms with Crippen molar-refractivity contribution >= 4 is 34.4 Å². The summed E-state index contributed by atoms with van der Waals surface area (Å²) in [6.07, 6.45) is 2.21. The molecule has 0 saturated heterocycles. The summed E-state index contributed by atoms with van der Waals surface area (Å²) in [7, 11) is 1.60. The molecule has 6 nitrogen and oxygen atoms in total. The zero-order valence-electron chi connectivity index (χ0n) is 16.1. The standard InChI is InChI=1S/C20H25ClN2O4/c1-20(2,3)27-15(24)7-5-6-11-16-12-8-9-26-18(12)13(21)10-14(16)23-17(11)19(25)22-4/h10,23H,5-9H2,1-4H3,(H,22,25). The predicted octanol–water partition coefficient (Wildman–Crippen LogP) is 3.78. The fraction of sp³-hybridized carbons (Fsp3) is 0.500. The number of aromatic nitrogens is 1. The van der Waals surface area contributed by atoms with Crippen LogP contribution in [0.5, 0.6) is 5.75 Å². The van der Waals surface area contributed by atoms with Gasteiger partial charge in [0.2, 0.25) is 0 Å². The number of hydrogen-bond donors (Lipinski definition) is 2. The lowest BCUT2D eigenvalue weighted by atomic mass is 9.98. The van der Waals surface area contributed by atoms with Crippen LogP contribution in [-0.2, 0) is 22.4 Å². The van der Waals surface area contributed by atoms with Crippen molar-refractivity contribution in [2.75, 3.05) is 13.7 Å². The Morgan fingerprint density at radius 2 is 2.11 bits per heavy atom. The monoisotopic (exact) mass is 392 g/mol. The number of fused-ring (bicyclic) bond motifs is 3. The molecule has 1 aromatic heterocycles. The van der Waals surface area contributed by atoms with Crippen LogP contribution in [0.3, 0.4) is 0 Å². The Kier molecular flexibility index (Phi) is 5.38. The van der Waals surface area contributed by atoms with Crippen LogP contribution in [-0.4, -0.2) is 36.1 Å². The summed E-state index contributed by atoms with van der Waals surface area (Å²) in [4.78, 5) is 27.6. The number of aryl methyl sites for hydroxylation is 1. The van der Waals surface area contributed by atoms with E-state index >= 15 is 0 Å². The lowest BCUT2D eigenvalue weighted by Gasteiger charge is -2.19. The fourth-order valence-corrected chi connectivity index (χ4v) is 3.76. The van der Waals surface area contributed by atoms with Crippen molar-refractivity contribution in [2.24, 2.45) is 0 Å². The van der Waals surface area contributed by atoms with E-state index in [9.17, 15) is 9.59 Å². The first-order valence-corrected chi connectivity index (χ1v) is 9.51. The van der Waals surface area contributed by atoms with Gasteiger partial charge in [-0.05, 0) is 45.2 Å². The first-order chi connectivity index (χ1) is 12.7. The van der Waals surface area contributed by atoms with Gasteiger partial charge < -0.3 is 19.8 Å². The molecule has 3 rings (SSSR count). The summed E-state index contributed by atoms with van der Waals surface area (Å²) in [5.74, 6) is 0.266. The molecule has 0 aliphatic carbocycles. The quantitative estimate of drug-likeness (QED) is 0.759. The number of benzene rings is 1. The molecule has 0 radical (unpaired) electrons. The van der Waals surface area contributed by atoms with Crippen molar-refractivity contribution in [3.63, 3.8) is 0 Å². The van der Waals surface area contributed by atoms with Gasteiger partial charge in [-0.15, -0.1) is 0 Å². The van der Waals surface area contributed by atoms with Crippen molar-refractivity contribution < 1.29 is 19.1 Å². The Labute approximate surface area is 163 Å². The Hall–Kier alpha value is -2.21. The number of amides is 1. The van der Waals surface area contributed by atoms with Crippen LogP contribution < -0.4 is 10.1 Å². The number of carbonyl (C=O) groups is 2. The number of aromatic amines is 1. The summed E-state index contributed by atoms with van der Waals surface area (Å²) < 4.78 is 11.0. The molecule has 0 unspecified atom stereocenters. The van der Waals surface area contributed by atoms with Gasteiger partial charge in [0.05, 0.1) is 11.6 Å². The molecular formula is C20H25ClN2O4. The highest BCUT2D eigenvalue weighted by Crippen LogP contribution is 2.41. The Balaban J connectivity index is 1.92. The van der Waals surface area contributed by atoms with E-state index in [2.05, 4.69) is 10.3 Å². The minimum absolute atomic E-state index is 0.192. The third kappa shape index (κ3) is 4.05. The van der Waals surface area contributed by atoms with Crippen molar-refractivity contribution in [3.8, 4) is 5.75 Å². The highest BCUT2D eigenvalue weighted by molar-refractivity contribution is 6.33. The van der Waals surface area contributed by atoms with Crippen LogP contribution >= 0.6 is 11.6 Å². The topological polar surface area (TPSA) is 80.4 Å². The van der Waals surface area contributed by atoms with E-state index in [1.165, 1.54) is 0 Å². The molecule has 7 heteroatoms. The van der Waals surface area contributed by atoms with Crippen molar-refractivity contribution in [2.45, 2.75) is 52.1 Å². The van der Waals surface area contributed by atoms with E-state index in [1.54, 1.807) is 13.1 Å². The highest BCUT2D eigenvalue weighted by atomic mass is 35.5. The van der Waals surface area contributed by atoms with Gasteiger partial charge >= 0.3 is 5.97 Å². The molecule has 0 bridgehead atoms. The van der Waals surface area contributed by atoms with Crippen LogP contribution in [0, 0.1) is 0 Å². The molecule has 2 N–H and O–H groups in total. The molecule has 0 saturated carbocycles. The molecule has 1 amide bonds. The van der Waals surface area contributed by atoms with E-state index in [-0.39, 0.29) is 11.9 Å². The summed E-state index contributed by atoms with van der Waals surface area (Å²) in [6, 6.07) is 1.80. The lowest BCUT2D eigenvalue weighted by molar-refractivity contribution is -0.154. The number of H-pyrrole nitrogens is 1. The highest BCUT2D eigenvalue weighted by Gasteiger charge is 2.26. The molecule has 2 aromatic rings. The van der Waals surface area contributed by atoms with Crippen LogP contribution in [0.2, 0.25) is 5.02 Å². The largest absolute Gasteiger partial charge is 0.491 e. The zero-order chi connectivity index (χ0) is 19.8. The van der Waals surface area contributed by atoms with Crippen LogP contribution in [0.25, 0.3) is 10.9 Å². The number of ether oxygens (including phenoxy) is 2. The van der Waals surface area contributed by atoms with Crippen LogP contribution in [0.1, 0.15) is 55.2 Å². The van der Waals surface area contributed by atoms with Crippen molar-refractivity contribution in [3.05, 3.63) is 27.9 Å². The van der Waals surface area contributed by atoms with Gasteiger partial charge in [-0.25, -0.2) is 0 Å². The SMILES string of the molecule is CNC(=O)c1[nH]c2cc(Cl)c3c(c2c1CCCC(=O)OC(C)(C)C)CCO3. The fourth-order valence-electron chi connectivity index (χ4n) is 3.48. The van der Waals surface area contributed by atoms with Gasteiger partial charge in [0.25, 0.3) is 5.91 Å². The van der Waals surface area contributed by atoms with E-state index in [1.807, 2.05) is 20.8 Å². The lowest BCUT2D eigenvalue weighted by Crippen LogP contribution is -2.23. The second-order valence-electron chi connectivity index (χ2n) is 7.68. The summed E-state index contributed by atoms with van der Waals surface area (Å²) in [5, 5.41) is 4.19. The zero-order valence-corrected chi connectivity index (χ0v) is 16.9. The molecule has 2 heterocycles. The average molecular weight is 393 g/mol. The summed E-state index contributed by atoms with van der Waals surface area (Å²) >= 11 is 6.32. The Morgan fingerprint density at radius 1 is 1.37 bits per heavy atom. The number of halogens is 1. The van der Waals surface area contributed by atoms with Crippen LogP contribution in [0.15, 0.2) is 6.07 Å². The molecule has 27 heavy (non-hydrogen) atoms. The molecule has 1 aliphatic heterocycles. The summed E-state index contributed by atoms with van der Waals surface area (Å²) in [5.41, 5.74) is 2.74. The normalized spacial score (nSPS) is 13.4. The number of hydrogen-bond acceptors (Lipinski definition) is 4. The smallest absolute Gasteiger partial charge is 0.306 e. The van der Waals surface area contributed by atoms with E-state index < -0.39 is 5.60 Å². The average Bonchev–Trinajstić information content (AvgIpc) is 3.17. The van der Waals surface area contributed by atoms with Gasteiger partial charge in [-0.1, -0.05) is 11.6 Å². The number of rotatable bonds is 5. The minimum Gasteiger partial charge on any atom is -0.491 e. The molecule has 0 fully saturated rings. The molecule has 0 spiro atoms. The predicted molar refractivity (Wildman–Crippen MR) is 105 cm³/mol. The van der Waals surface area contributed by atoms with Gasteiger partial charge in [0.1, 0.15) is 17.0 Å². The maximum Gasteiger partial charge on any atom is 0.306 e. The number of carbonyl (C=O) groups excluding carboxylic acids is 2. The van der Waals surface area contributed by atoms with Gasteiger partial charge in [0, 0.05) is 36.4 Å². The van der Waals surface area contributed by atoms with E-state index in [4.69, 9.17) is 21.1 Å². The maximum absolute atomic E-state index is 12.4. The molecular weight excluding hydrogens is 368 g/mol. The second kappa shape index (κ2) is 7.43.